The first-order valence-corrected chi connectivity index (χ1v) is 5.60. The van der Waals surface area contributed by atoms with Crippen molar-refractivity contribution in [2.24, 2.45) is 0 Å². The molecule has 0 saturated heterocycles. The molecule has 0 bridgehead atoms. The number of amides is 1. The number of aliphatic carboxylic acids is 1. The van der Waals surface area contributed by atoms with Gasteiger partial charge in [-0.2, -0.15) is 5.10 Å². The highest BCUT2D eigenvalue weighted by Crippen LogP contribution is 2.15. The van der Waals surface area contributed by atoms with Crippen molar-refractivity contribution in [1.82, 2.24) is 15.1 Å². The number of carboxylic acid groups (broad SMARTS) is 1. The van der Waals surface area contributed by atoms with Crippen LogP contribution in [0.4, 0.5) is 0 Å². The Morgan fingerprint density at radius 3 is 2.82 bits per heavy atom. The molecule has 1 rings (SSSR count). The van der Waals surface area contributed by atoms with E-state index in [-0.39, 0.29) is 11.6 Å². The monoisotopic (exact) mass is 239 g/mol. The maximum atomic E-state index is 11.3. The fourth-order valence-electron chi connectivity index (χ4n) is 1.53. The molecule has 1 unspecified atom stereocenters. The molecular weight excluding hydrogens is 222 g/mol. The molecule has 0 aliphatic carbocycles. The van der Waals surface area contributed by atoms with E-state index in [1.165, 1.54) is 24.0 Å². The second kappa shape index (κ2) is 6.03. The SMILES string of the molecule is CCCCC(C(=O)O)n1ccc(C(=O)NC)n1. The lowest BCUT2D eigenvalue weighted by atomic mass is 10.1. The van der Waals surface area contributed by atoms with Crippen LogP contribution >= 0.6 is 0 Å². The van der Waals surface area contributed by atoms with Crippen molar-refractivity contribution in [2.75, 3.05) is 7.05 Å². The van der Waals surface area contributed by atoms with Crippen LogP contribution < -0.4 is 5.32 Å². The number of nitrogens with one attached hydrogen (secondary N) is 1. The number of rotatable bonds is 6. The van der Waals surface area contributed by atoms with Crippen LogP contribution in [0.5, 0.6) is 0 Å². The molecular formula is C11H17N3O3. The normalized spacial score (nSPS) is 12.1. The van der Waals surface area contributed by atoms with Gasteiger partial charge in [-0.15, -0.1) is 0 Å². The molecule has 6 heteroatoms. The van der Waals surface area contributed by atoms with Gasteiger partial charge >= 0.3 is 5.97 Å². The van der Waals surface area contributed by atoms with Crippen molar-refractivity contribution in [2.45, 2.75) is 32.2 Å². The van der Waals surface area contributed by atoms with Gasteiger partial charge in [0.2, 0.25) is 0 Å². The van der Waals surface area contributed by atoms with E-state index in [1.807, 2.05) is 6.92 Å². The molecule has 94 valence electrons. The molecule has 0 aliphatic heterocycles. The van der Waals surface area contributed by atoms with Crippen LogP contribution in [0.2, 0.25) is 0 Å². The van der Waals surface area contributed by atoms with Crippen LogP contribution in [-0.4, -0.2) is 33.8 Å². The van der Waals surface area contributed by atoms with Crippen LogP contribution in [0.1, 0.15) is 42.7 Å². The molecule has 0 saturated carbocycles. The van der Waals surface area contributed by atoms with Crippen molar-refractivity contribution < 1.29 is 14.7 Å². The molecule has 1 aromatic rings. The molecule has 0 aromatic carbocycles. The summed E-state index contributed by atoms with van der Waals surface area (Å²) in [4.78, 5) is 22.4. The first-order valence-electron chi connectivity index (χ1n) is 5.60. The molecule has 6 nitrogen and oxygen atoms in total. The third kappa shape index (κ3) is 3.30. The maximum absolute atomic E-state index is 11.3. The molecule has 2 N–H and O–H groups in total. The van der Waals surface area contributed by atoms with Gasteiger partial charge in [0.15, 0.2) is 0 Å². The summed E-state index contributed by atoms with van der Waals surface area (Å²) in [7, 11) is 1.51. The lowest BCUT2D eigenvalue weighted by Crippen LogP contribution is -2.22. The zero-order valence-corrected chi connectivity index (χ0v) is 10.0. The summed E-state index contributed by atoms with van der Waals surface area (Å²) in [5.74, 6) is -1.24. The molecule has 0 radical (unpaired) electrons. The van der Waals surface area contributed by atoms with Gasteiger partial charge in [-0.3, -0.25) is 9.48 Å². The van der Waals surface area contributed by atoms with Crippen molar-refractivity contribution in [3.63, 3.8) is 0 Å². The Hall–Kier alpha value is -1.85. The lowest BCUT2D eigenvalue weighted by molar-refractivity contribution is -0.141. The molecule has 0 fully saturated rings. The number of carbonyl (C=O) groups is 2. The van der Waals surface area contributed by atoms with E-state index in [0.717, 1.165) is 12.8 Å². The average Bonchev–Trinajstić information content (AvgIpc) is 2.77. The van der Waals surface area contributed by atoms with E-state index >= 15 is 0 Å². The summed E-state index contributed by atoms with van der Waals surface area (Å²) < 4.78 is 1.34. The number of carboxylic acids is 1. The fraction of sp³-hybridized carbons (Fsp3) is 0.545. The van der Waals surface area contributed by atoms with Gasteiger partial charge in [0.25, 0.3) is 5.91 Å². The Bertz CT molecular complexity index is 400. The Balaban J connectivity index is 2.84. The Labute approximate surface area is 99.6 Å². The summed E-state index contributed by atoms with van der Waals surface area (Å²) in [5, 5.41) is 15.5. The van der Waals surface area contributed by atoms with Gasteiger partial charge in [-0.1, -0.05) is 19.8 Å². The van der Waals surface area contributed by atoms with Crippen molar-refractivity contribution >= 4 is 11.9 Å². The first-order chi connectivity index (χ1) is 8.10. The molecule has 0 spiro atoms. The number of carbonyl (C=O) groups excluding carboxylic acids is 1. The largest absolute Gasteiger partial charge is 0.480 e. The highest BCUT2D eigenvalue weighted by Gasteiger charge is 2.20. The average molecular weight is 239 g/mol. The Morgan fingerprint density at radius 2 is 2.29 bits per heavy atom. The van der Waals surface area contributed by atoms with Gasteiger partial charge in [0, 0.05) is 13.2 Å². The van der Waals surface area contributed by atoms with Gasteiger partial charge in [0.05, 0.1) is 0 Å². The minimum atomic E-state index is -0.926. The van der Waals surface area contributed by atoms with Crippen molar-refractivity contribution in [3.8, 4) is 0 Å². The third-order valence-corrected chi connectivity index (χ3v) is 2.50. The summed E-state index contributed by atoms with van der Waals surface area (Å²) >= 11 is 0. The van der Waals surface area contributed by atoms with Crippen LogP contribution in [0.25, 0.3) is 0 Å². The van der Waals surface area contributed by atoms with Gasteiger partial charge in [-0.05, 0) is 12.5 Å². The zero-order valence-electron chi connectivity index (χ0n) is 10.0. The summed E-state index contributed by atoms with van der Waals surface area (Å²) in [6, 6.07) is 0.814. The van der Waals surface area contributed by atoms with Gasteiger partial charge < -0.3 is 10.4 Å². The molecule has 0 aliphatic rings. The maximum Gasteiger partial charge on any atom is 0.328 e. The molecule has 1 atom stereocenters. The Morgan fingerprint density at radius 1 is 1.59 bits per heavy atom. The first kappa shape index (κ1) is 13.2. The molecule has 17 heavy (non-hydrogen) atoms. The zero-order chi connectivity index (χ0) is 12.8. The van der Waals surface area contributed by atoms with E-state index < -0.39 is 12.0 Å². The summed E-state index contributed by atoms with van der Waals surface area (Å²) in [5.41, 5.74) is 0.232. The van der Waals surface area contributed by atoms with Gasteiger partial charge in [0.1, 0.15) is 11.7 Å². The standard InChI is InChI=1S/C11H17N3O3/c1-3-4-5-9(11(16)17)14-7-6-8(13-14)10(15)12-2/h6-7,9H,3-5H2,1-2H3,(H,12,15)(H,16,17). The number of hydrogen-bond donors (Lipinski definition) is 2. The van der Waals surface area contributed by atoms with Crippen LogP contribution in [0, 0.1) is 0 Å². The topological polar surface area (TPSA) is 84.2 Å². The highest BCUT2D eigenvalue weighted by atomic mass is 16.4. The quantitative estimate of drug-likeness (QED) is 0.777. The number of unbranched alkanes of at least 4 members (excludes halogenated alkanes) is 1. The third-order valence-electron chi connectivity index (χ3n) is 2.50. The van der Waals surface area contributed by atoms with E-state index in [9.17, 15) is 9.59 Å². The van der Waals surface area contributed by atoms with Crippen molar-refractivity contribution in [1.29, 1.82) is 0 Å². The predicted molar refractivity (Wildman–Crippen MR) is 61.8 cm³/mol. The number of aromatic nitrogens is 2. The van der Waals surface area contributed by atoms with Gasteiger partial charge in [-0.25, -0.2) is 4.79 Å². The number of nitrogens with zero attached hydrogens (tertiary/aromatic N) is 2. The van der Waals surface area contributed by atoms with Crippen LogP contribution in [-0.2, 0) is 4.79 Å². The second-order valence-electron chi connectivity index (χ2n) is 3.76. The minimum Gasteiger partial charge on any atom is -0.480 e. The van der Waals surface area contributed by atoms with E-state index in [4.69, 9.17) is 5.11 Å². The Kier molecular flexibility index (Phi) is 4.68. The minimum absolute atomic E-state index is 0.232. The molecule has 1 heterocycles. The van der Waals surface area contributed by atoms with Crippen LogP contribution in [0.3, 0.4) is 0 Å². The highest BCUT2D eigenvalue weighted by molar-refractivity contribution is 5.91. The van der Waals surface area contributed by atoms with Crippen LogP contribution in [0.15, 0.2) is 12.3 Å². The van der Waals surface area contributed by atoms with E-state index in [0.29, 0.717) is 6.42 Å². The predicted octanol–water partition coefficient (Wildman–Crippen LogP) is 1.06. The van der Waals surface area contributed by atoms with Crippen molar-refractivity contribution in [3.05, 3.63) is 18.0 Å². The fourth-order valence-corrected chi connectivity index (χ4v) is 1.53. The number of hydrogen-bond acceptors (Lipinski definition) is 3. The smallest absolute Gasteiger partial charge is 0.328 e. The van der Waals surface area contributed by atoms with E-state index in [1.54, 1.807) is 0 Å². The molecule has 1 amide bonds. The summed E-state index contributed by atoms with van der Waals surface area (Å²) in [6.07, 6.45) is 3.78. The second-order valence-corrected chi connectivity index (χ2v) is 3.76. The van der Waals surface area contributed by atoms with E-state index in [2.05, 4.69) is 10.4 Å². The lowest BCUT2D eigenvalue weighted by Gasteiger charge is -2.11. The molecule has 1 aromatic heterocycles. The summed E-state index contributed by atoms with van der Waals surface area (Å²) in [6.45, 7) is 2.00.